The van der Waals surface area contributed by atoms with Crippen LogP contribution in [0.15, 0.2) is 57.8 Å². The Labute approximate surface area is 168 Å². The van der Waals surface area contributed by atoms with Crippen molar-refractivity contribution in [2.45, 2.75) is 12.6 Å². The summed E-state index contributed by atoms with van der Waals surface area (Å²) < 4.78 is 3.74. The number of fused-ring (bicyclic) bond motifs is 1. The van der Waals surface area contributed by atoms with Crippen molar-refractivity contribution in [3.8, 4) is 0 Å². The maximum atomic E-state index is 12.8. The van der Waals surface area contributed by atoms with Crippen LogP contribution in [0.2, 0.25) is 0 Å². The Hall–Kier alpha value is -3.53. The number of nitrogens with one attached hydrogen (secondary N) is 1. The van der Waals surface area contributed by atoms with Crippen molar-refractivity contribution in [3.05, 3.63) is 79.6 Å². The summed E-state index contributed by atoms with van der Waals surface area (Å²) in [7, 11) is 2.94. The molecule has 0 aliphatic carbocycles. The summed E-state index contributed by atoms with van der Waals surface area (Å²) in [4.78, 5) is 45.9. The average Bonchev–Trinajstić information content (AvgIpc) is 3.40. The first kappa shape index (κ1) is 18.8. The lowest BCUT2D eigenvalue weighted by molar-refractivity contribution is -0.122. The van der Waals surface area contributed by atoms with Gasteiger partial charge in [-0.3, -0.25) is 18.7 Å². The molecule has 1 N–H and O–H groups in total. The summed E-state index contributed by atoms with van der Waals surface area (Å²) in [5, 5.41) is 5.60. The Kier molecular flexibility index (Phi) is 4.85. The van der Waals surface area contributed by atoms with Crippen molar-refractivity contribution in [2.75, 3.05) is 0 Å². The lowest BCUT2D eigenvalue weighted by atomic mass is 10.1. The third-order valence-corrected chi connectivity index (χ3v) is 5.51. The van der Waals surface area contributed by atoms with E-state index < -0.39 is 17.3 Å². The van der Waals surface area contributed by atoms with Crippen molar-refractivity contribution >= 4 is 28.4 Å². The third-order valence-electron chi connectivity index (χ3n) is 4.67. The summed E-state index contributed by atoms with van der Waals surface area (Å²) in [6.45, 7) is -0.112. The quantitative estimate of drug-likeness (QED) is 0.524. The van der Waals surface area contributed by atoms with Crippen molar-refractivity contribution in [1.82, 2.24) is 29.0 Å². The largest absolute Gasteiger partial charge is 0.341 e. The molecule has 4 rings (SSSR count). The number of imidazole rings is 1. The van der Waals surface area contributed by atoms with Crippen LogP contribution in [0.1, 0.15) is 16.6 Å². The predicted molar refractivity (Wildman–Crippen MR) is 109 cm³/mol. The lowest BCUT2D eigenvalue weighted by Crippen LogP contribution is -2.38. The maximum absolute atomic E-state index is 12.8. The predicted octanol–water partition coefficient (Wildman–Crippen LogP) is 0.796. The Balaban J connectivity index is 1.66. The maximum Gasteiger partial charge on any atom is 0.332 e. The van der Waals surface area contributed by atoms with E-state index >= 15 is 0 Å². The number of amides is 1. The molecule has 9 nitrogen and oxygen atoms in total. The smallest absolute Gasteiger partial charge is 0.332 e. The van der Waals surface area contributed by atoms with Crippen LogP contribution in [-0.4, -0.2) is 29.6 Å². The van der Waals surface area contributed by atoms with E-state index in [-0.39, 0.29) is 23.6 Å². The SMILES string of the molecule is Cn1c(=O)c2c(ncn2CC(=O)NC(c2ccccc2)c2nccs2)n(C)c1=O. The molecular weight excluding hydrogens is 392 g/mol. The van der Waals surface area contributed by atoms with Gasteiger partial charge in [-0.15, -0.1) is 11.3 Å². The van der Waals surface area contributed by atoms with E-state index in [4.69, 9.17) is 0 Å². The normalized spacial score (nSPS) is 12.2. The van der Waals surface area contributed by atoms with Crippen molar-refractivity contribution in [1.29, 1.82) is 0 Å². The van der Waals surface area contributed by atoms with Crippen LogP contribution in [0, 0.1) is 0 Å². The molecule has 1 amide bonds. The van der Waals surface area contributed by atoms with Gasteiger partial charge in [0.2, 0.25) is 5.91 Å². The summed E-state index contributed by atoms with van der Waals surface area (Å²) in [6.07, 6.45) is 3.09. The number of hydrogen-bond donors (Lipinski definition) is 1. The standard InChI is InChI=1S/C19H18N6O3S/c1-23-16-15(18(27)24(2)19(23)28)25(11-21-16)10-13(26)22-14(17-20-8-9-29-17)12-6-4-3-5-7-12/h3-9,11,14H,10H2,1-2H3,(H,22,26). The summed E-state index contributed by atoms with van der Waals surface area (Å²) in [5.74, 6) is -0.302. The molecule has 148 valence electrons. The number of thiazole rings is 1. The molecule has 1 aromatic carbocycles. The lowest BCUT2D eigenvalue weighted by Gasteiger charge is -2.17. The highest BCUT2D eigenvalue weighted by Gasteiger charge is 2.21. The first-order valence-corrected chi connectivity index (χ1v) is 9.70. The van der Waals surface area contributed by atoms with Crippen molar-refractivity contribution in [3.63, 3.8) is 0 Å². The Morgan fingerprint density at radius 2 is 1.90 bits per heavy atom. The van der Waals surface area contributed by atoms with Crippen molar-refractivity contribution < 1.29 is 4.79 Å². The van der Waals surface area contributed by atoms with E-state index in [9.17, 15) is 14.4 Å². The van der Waals surface area contributed by atoms with E-state index in [1.807, 2.05) is 35.7 Å². The molecule has 0 aliphatic heterocycles. The first-order chi connectivity index (χ1) is 14.0. The van der Waals surface area contributed by atoms with Gasteiger partial charge >= 0.3 is 5.69 Å². The molecule has 3 aromatic heterocycles. The highest BCUT2D eigenvalue weighted by Crippen LogP contribution is 2.23. The van der Waals surface area contributed by atoms with Crippen LogP contribution in [-0.2, 0) is 25.4 Å². The van der Waals surface area contributed by atoms with E-state index in [2.05, 4.69) is 15.3 Å². The molecule has 1 atom stereocenters. The van der Waals surface area contributed by atoms with Gasteiger partial charge in [0.25, 0.3) is 5.56 Å². The molecule has 0 aliphatic rings. The van der Waals surface area contributed by atoms with Crippen LogP contribution in [0.3, 0.4) is 0 Å². The minimum atomic E-state index is -0.493. The third kappa shape index (κ3) is 3.38. The molecule has 0 spiro atoms. The summed E-state index contributed by atoms with van der Waals surface area (Å²) in [5.41, 5.74) is 0.392. The van der Waals surface area contributed by atoms with E-state index in [0.29, 0.717) is 0 Å². The Morgan fingerprint density at radius 3 is 2.59 bits per heavy atom. The number of carbonyl (C=O) groups excluding carboxylic acids is 1. The van der Waals surface area contributed by atoms with Crippen LogP contribution >= 0.6 is 11.3 Å². The monoisotopic (exact) mass is 410 g/mol. The molecule has 0 bridgehead atoms. The number of benzene rings is 1. The molecule has 29 heavy (non-hydrogen) atoms. The number of rotatable bonds is 5. The summed E-state index contributed by atoms with van der Waals surface area (Å²) >= 11 is 1.45. The molecule has 3 heterocycles. The topological polar surface area (TPSA) is 104 Å². The fourth-order valence-electron chi connectivity index (χ4n) is 3.19. The van der Waals surface area contributed by atoms with Gasteiger partial charge < -0.3 is 9.88 Å². The zero-order valence-electron chi connectivity index (χ0n) is 15.8. The molecule has 1 unspecified atom stereocenters. The fraction of sp³-hybridized carbons (Fsp3) is 0.211. The molecule has 4 aromatic rings. The second-order valence-electron chi connectivity index (χ2n) is 6.53. The minimum Gasteiger partial charge on any atom is -0.341 e. The van der Waals surface area contributed by atoms with Crippen LogP contribution in [0.25, 0.3) is 11.2 Å². The van der Waals surface area contributed by atoms with Crippen LogP contribution in [0.4, 0.5) is 0 Å². The van der Waals surface area contributed by atoms with Gasteiger partial charge in [0.15, 0.2) is 11.2 Å². The highest BCUT2D eigenvalue weighted by atomic mass is 32.1. The van der Waals surface area contributed by atoms with E-state index in [1.54, 1.807) is 6.20 Å². The zero-order chi connectivity index (χ0) is 20.5. The Bertz CT molecular complexity index is 1290. The molecule has 0 fully saturated rings. The molecular formula is C19H18N6O3S. The fourth-order valence-corrected chi connectivity index (χ4v) is 3.90. The molecule has 0 radical (unpaired) electrons. The van der Waals surface area contributed by atoms with Crippen LogP contribution < -0.4 is 16.6 Å². The second-order valence-corrected chi connectivity index (χ2v) is 7.46. The Morgan fingerprint density at radius 1 is 1.14 bits per heavy atom. The van der Waals surface area contributed by atoms with Gasteiger partial charge in [-0.1, -0.05) is 30.3 Å². The van der Waals surface area contributed by atoms with Gasteiger partial charge in [-0.2, -0.15) is 0 Å². The van der Waals surface area contributed by atoms with Gasteiger partial charge in [0, 0.05) is 25.7 Å². The molecule has 0 saturated carbocycles. The summed E-state index contributed by atoms with van der Waals surface area (Å²) in [6, 6.07) is 9.15. The van der Waals surface area contributed by atoms with Gasteiger partial charge in [0.1, 0.15) is 17.6 Å². The zero-order valence-corrected chi connectivity index (χ0v) is 16.6. The molecule has 0 saturated heterocycles. The first-order valence-electron chi connectivity index (χ1n) is 8.82. The minimum absolute atomic E-state index is 0.112. The van der Waals surface area contributed by atoms with Gasteiger partial charge in [-0.25, -0.2) is 14.8 Å². The highest BCUT2D eigenvalue weighted by molar-refractivity contribution is 7.09. The second kappa shape index (κ2) is 7.47. The number of carbonyl (C=O) groups is 1. The van der Waals surface area contributed by atoms with Crippen molar-refractivity contribution in [2.24, 2.45) is 14.1 Å². The average molecular weight is 410 g/mol. The van der Waals surface area contributed by atoms with E-state index in [1.165, 1.54) is 40.9 Å². The number of aryl methyl sites for hydroxylation is 1. The number of nitrogens with zero attached hydrogens (tertiary/aromatic N) is 5. The van der Waals surface area contributed by atoms with Gasteiger partial charge in [0.05, 0.1) is 6.33 Å². The van der Waals surface area contributed by atoms with Gasteiger partial charge in [-0.05, 0) is 5.56 Å². The van der Waals surface area contributed by atoms with E-state index in [0.717, 1.165) is 15.1 Å². The number of aromatic nitrogens is 5. The molecule has 10 heteroatoms. The number of hydrogen-bond acceptors (Lipinski definition) is 6. The van der Waals surface area contributed by atoms with Crippen LogP contribution in [0.5, 0.6) is 0 Å².